The number of carboxylic acids is 1. The number of carbonyl (C=O) groups is 3. The van der Waals surface area contributed by atoms with Gasteiger partial charge >= 0.3 is 5.97 Å². The average Bonchev–Trinajstić information content (AvgIpc) is 3.00. The molecule has 21 heavy (non-hydrogen) atoms. The summed E-state index contributed by atoms with van der Waals surface area (Å²) < 4.78 is 0. The molecule has 0 radical (unpaired) electrons. The number of amides is 2. The van der Waals surface area contributed by atoms with Crippen LogP contribution in [0.2, 0.25) is 0 Å². The monoisotopic (exact) mass is 290 g/mol. The fourth-order valence-corrected chi connectivity index (χ4v) is 2.35. The number of aromatic carboxylic acids is 1. The van der Waals surface area contributed by atoms with E-state index in [2.05, 4.69) is 5.32 Å². The van der Waals surface area contributed by atoms with Gasteiger partial charge in [-0.25, -0.2) is 4.79 Å². The lowest BCUT2D eigenvalue weighted by Gasteiger charge is -2.21. The second-order valence-corrected chi connectivity index (χ2v) is 5.11. The van der Waals surface area contributed by atoms with E-state index < -0.39 is 17.9 Å². The van der Waals surface area contributed by atoms with E-state index in [1.807, 2.05) is 0 Å². The van der Waals surface area contributed by atoms with Crippen LogP contribution in [0.1, 0.15) is 40.5 Å². The van der Waals surface area contributed by atoms with E-state index in [4.69, 9.17) is 5.11 Å². The predicted octanol–water partition coefficient (Wildman–Crippen LogP) is 1.13. The molecular formula is C15H18N2O4. The van der Waals surface area contributed by atoms with Gasteiger partial charge in [0.25, 0.3) is 5.91 Å². The average molecular weight is 290 g/mol. The van der Waals surface area contributed by atoms with Crippen LogP contribution >= 0.6 is 0 Å². The van der Waals surface area contributed by atoms with Crippen LogP contribution in [0, 0.1) is 0 Å². The first kappa shape index (κ1) is 15.0. The number of nitrogens with one attached hydrogen (secondary N) is 1. The van der Waals surface area contributed by atoms with Gasteiger partial charge in [-0.15, -0.1) is 0 Å². The fraction of sp³-hybridized carbons (Fsp3) is 0.400. The number of hydrogen-bond donors (Lipinski definition) is 2. The number of carbonyl (C=O) groups excluding carboxylic acids is 2. The lowest BCUT2D eigenvalue weighted by molar-refractivity contribution is -0.131. The quantitative estimate of drug-likeness (QED) is 0.870. The van der Waals surface area contributed by atoms with Crippen molar-refractivity contribution in [1.82, 2.24) is 10.2 Å². The van der Waals surface area contributed by atoms with Crippen LogP contribution in [-0.4, -0.2) is 46.9 Å². The Bertz CT molecular complexity index is 565. The largest absolute Gasteiger partial charge is 0.478 e. The third-order valence-corrected chi connectivity index (χ3v) is 3.51. The third-order valence-electron chi connectivity index (χ3n) is 3.51. The fourth-order valence-electron chi connectivity index (χ4n) is 2.35. The first-order valence-electron chi connectivity index (χ1n) is 6.92. The summed E-state index contributed by atoms with van der Waals surface area (Å²) in [5.74, 6) is -1.64. The summed E-state index contributed by atoms with van der Waals surface area (Å²) in [5, 5.41) is 11.5. The van der Waals surface area contributed by atoms with Crippen LogP contribution in [0.15, 0.2) is 24.3 Å². The van der Waals surface area contributed by atoms with Crippen molar-refractivity contribution in [3.63, 3.8) is 0 Å². The van der Waals surface area contributed by atoms with Crippen molar-refractivity contribution in [2.75, 3.05) is 13.1 Å². The van der Waals surface area contributed by atoms with Gasteiger partial charge in [-0.1, -0.05) is 6.07 Å². The molecule has 0 bridgehead atoms. The molecule has 1 aromatic rings. The number of hydrogen-bond acceptors (Lipinski definition) is 3. The molecule has 1 aromatic carbocycles. The number of nitrogens with zero attached hydrogens (tertiary/aromatic N) is 1. The highest BCUT2D eigenvalue weighted by atomic mass is 16.4. The van der Waals surface area contributed by atoms with Crippen molar-refractivity contribution in [3.05, 3.63) is 35.4 Å². The Morgan fingerprint density at radius 1 is 1.19 bits per heavy atom. The molecule has 2 rings (SSSR count). The molecule has 2 N–H and O–H groups in total. The van der Waals surface area contributed by atoms with Crippen LogP contribution < -0.4 is 5.32 Å². The number of carboxylic acid groups (broad SMARTS) is 1. The standard InChI is InChI=1S/C15H18N2O4/c1-10(14(19)17-7-2-3-8-17)16-13(18)11-5-4-6-12(9-11)15(20)21/h4-6,9-10H,2-3,7-8H2,1H3,(H,16,18)(H,20,21)/t10-/m0/s1. The van der Waals surface area contributed by atoms with E-state index in [1.165, 1.54) is 24.3 Å². The smallest absolute Gasteiger partial charge is 0.335 e. The maximum Gasteiger partial charge on any atom is 0.335 e. The summed E-state index contributed by atoms with van der Waals surface area (Å²) in [7, 11) is 0. The SMILES string of the molecule is C[C@H](NC(=O)c1cccc(C(=O)O)c1)C(=O)N1CCCC1. The van der Waals surface area contributed by atoms with Crippen LogP contribution in [0.3, 0.4) is 0 Å². The normalized spacial score (nSPS) is 15.6. The molecule has 1 aliphatic heterocycles. The molecular weight excluding hydrogens is 272 g/mol. The minimum atomic E-state index is -1.09. The van der Waals surface area contributed by atoms with Crippen molar-refractivity contribution in [2.45, 2.75) is 25.8 Å². The molecule has 2 amide bonds. The third kappa shape index (κ3) is 3.59. The molecule has 0 aromatic heterocycles. The molecule has 0 aliphatic carbocycles. The van der Waals surface area contributed by atoms with E-state index in [1.54, 1.807) is 11.8 Å². The summed E-state index contributed by atoms with van der Waals surface area (Å²) in [4.78, 5) is 36.8. The topological polar surface area (TPSA) is 86.7 Å². The highest BCUT2D eigenvalue weighted by Gasteiger charge is 2.24. The molecule has 6 nitrogen and oxygen atoms in total. The molecule has 0 unspecified atom stereocenters. The van der Waals surface area contributed by atoms with Gasteiger partial charge in [0.1, 0.15) is 6.04 Å². The van der Waals surface area contributed by atoms with E-state index in [0.717, 1.165) is 25.9 Å². The molecule has 1 atom stereocenters. The summed E-state index contributed by atoms with van der Waals surface area (Å²) >= 11 is 0. The van der Waals surface area contributed by atoms with Gasteiger partial charge in [-0.2, -0.15) is 0 Å². The molecule has 112 valence electrons. The van der Waals surface area contributed by atoms with Crippen molar-refractivity contribution in [3.8, 4) is 0 Å². The van der Waals surface area contributed by atoms with Gasteiger partial charge in [0, 0.05) is 18.7 Å². The summed E-state index contributed by atoms with van der Waals surface area (Å²) in [6, 6.07) is 5.12. The zero-order chi connectivity index (χ0) is 15.4. The lowest BCUT2D eigenvalue weighted by Crippen LogP contribution is -2.45. The maximum atomic E-state index is 12.1. The Morgan fingerprint density at radius 2 is 1.81 bits per heavy atom. The second-order valence-electron chi connectivity index (χ2n) is 5.11. The van der Waals surface area contributed by atoms with Gasteiger partial charge in [0.05, 0.1) is 5.56 Å². The summed E-state index contributed by atoms with van der Waals surface area (Å²) in [6.45, 7) is 3.10. The Kier molecular flexibility index (Phi) is 4.57. The number of rotatable bonds is 4. The highest BCUT2D eigenvalue weighted by molar-refractivity contribution is 5.99. The minimum absolute atomic E-state index is 0.0428. The van der Waals surface area contributed by atoms with Gasteiger partial charge in [-0.3, -0.25) is 9.59 Å². The van der Waals surface area contributed by atoms with Crippen molar-refractivity contribution in [2.24, 2.45) is 0 Å². The van der Waals surface area contributed by atoms with Gasteiger partial charge in [0.15, 0.2) is 0 Å². The minimum Gasteiger partial charge on any atom is -0.478 e. The van der Waals surface area contributed by atoms with Crippen molar-refractivity contribution in [1.29, 1.82) is 0 Å². The summed E-state index contributed by atoms with van der Waals surface area (Å²) in [6.07, 6.45) is 1.99. The lowest BCUT2D eigenvalue weighted by atomic mass is 10.1. The zero-order valence-corrected chi connectivity index (χ0v) is 11.8. The molecule has 1 saturated heterocycles. The molecule has 1 aliphatic rings. The predicted molar refractivity (Wildman–Crippen MR) is 76.1 cm³/mol. The molecule has 0 saturated carbocycles. The second kappa shape index (κ2) is 6.39. The van der Waals surface area contributed by atoms with Crippen molar-refractivity contribution < 1.29 is 19.5 Å². The molecule has 0 spiro atoms. The van der Waals surface area contributed by atoms with E-state index in [9.17, 15) is 14.4 Å². The van der Waals surface area contributed by atoms with Gasteiger partial charge in [0.2, 0.25) is 5.91 Å². The van der Waals surface area contributed by atoms with Crippen LogP contribution in [-0.2, 0) is 4.79 Å². The van der Waals surface area contributed by atoms with Gasteiger partial charge in [-0.05, 0) is 38.0 Å². The molecule has 6 heteroatoms. The molecule has 1 heterocycles. The highest BCUT2D eigenvalue weighted by Crippen LogP contribution is 2.10. The molecule has 1 fully saturated rings. The van der Waals surface area contributed by atoms with Crippen molar-refractivity contribution >= 4 is 17.8 Å². The number of likely N-dealkylation sites (tertiary alicyclic amines) is 1. The van der Waals surface area contributed by atoms with Gasteiger partial charge < -0.3 is 15.3 Å². The Labute approximate surface area is 122 Å². The maximum absolute atomic E-state index is 12.1. The summed E-state index contributed by atoms with van der Waals surface area (Å²) in [5.41, 5.74) is 0.275. The number of benzene rings is 1. The van der Waals surface area contributed by atoms with E-state index in [0.29, 0.717) is 0 Å². The Balaban J connectivity index is 2.01. The van der Waals surface area contributed by atoms with Crippen LogP contribution in [0.25, 0.3) is 0 Å². The van der Waals surface area contributed by atoms with Crippen LogP contribution in [0.4, 0.5) is 0 Å². The Hall–Kier alpha value is -2.37. The Morgan fingerprint density at radius 3 is 2.43 bits per heavy atom. The zero-order valence-electron chi connectivity index (χ0n) is 11.8. The first-order chi connectivity index (χ1) is 9.99. The van der Waals surface area contributed by atoms with E-state index in [-0.39, 0.29) is 17.0 Å². The van der Waals surface area contributed by atoms with E-state index >= 15 is 0 Å². The van der Waals surface area contributed by atoms with Crippen LogP contribution in [0.5, 0.6) is 0 Å². The first-order valence-corrected chi connectivity index (χ1v) is 6.92.